The molecule has 0 aliphatic rings. The van der Waals surface area contributed by atoms with Gasteiger partial charge in [0, 0.05) is 24.4 Å². The van der Waals surface area contributed by atoms with Crippen molar-refractivity contribution in [1.82, 2.24) is 19.9 Å². The second-order valence-electron chi connectivity index (χ2n) is 4.86. The summed E-state index contributed by atoms with van der Waals surface area (Å²) in [6, 6.07) is 1.39. The smallest absolute Gasteiger partial charge is 0.251 e. The number of aromatic nitrogens is 4. The van der Waals surface area contributed by atoms with Crippen molar-refractivity contribution in [2.24, 2.45) is 0 Å². The molecule has 0 radical (unpaired) electrons. The van der Waals surface area contributed by atoms with Gasteiger partial charge in [-0.2, -0.15) is 0 Å². The molecule has 2 rings (SSSR count). The Morgan fingerprint density at radius 3 is 2.81 bits per heavy atom. The first-order valence-electron chi connectivity index (χ1n) is 6.93. The van der Waals surface area contributed by atoms with Crippen molar-refractivity contribution >= 4 is 17.6 Å². The van der Waals surface area contributed by atoms with Crippen LogP contribution in [0.2, 0.25) is 0 Å². The maximum Gasteiger partial charge on any atom is 0.251 e. The first-order valence-corrected chi connectivity index (χ1v) is 7.75. The summed E-state index contributed by atoms with van der Waals surface area (Å²) in [6.45, 7) is 7.17. The second-order valence-corrected chi connectivity index (χ2v) is 5.84. The molecule has 0 spiro atoms. The van der Waals surface area contributed by atoms with Crippen LogP contribution in [0.1, 0.15) is 38.7 Å². The summed E-state index contributed by atoms with van der Waals surface area (Å²) in [6.07, 6.45) is 4.05. The van der Waals surface area contributed by atoms with Gasteiger partial charge in [-0.25, -0.2) is 15.0 Å². The van der Waals surface area contributed by atoms with Crippen LogP contribution in [0.3, 0.4) is 0 Å². The first-order chi connectivity index (χ1) is 10.1. The van der Waals surface area contributed by atoms with Crippen molar-refractivity contribution in [3.05, 3.63) is 34.5 Å². The Balaban J connectivity index is 2.36. The average molecular weight is 305 g/mol. The predicted octanol–water partition coefficient (Wildman–Crippen LogP) is 2.66. The molecule has 7 heteroatoms. The van der Waals surface area contributed by atoms with Gasteiger partial charge in [0.1, 0.15) is 17.2 Å². The van der Waals surface area contributed by atoms with Crippen LogP contribution in [0.25, 0.3) is 0 Å². The molecular formula is C14H19N5OS. The Morgan fingerprint density at radius 2 is 2.14 bits per heavy atom. The zero-order valence-electron chi connectivity index (χ0n) is 12.4. The fourth-order valence-electron chi connectivity index (χ4n) is 1.86. The van der Waals surface area contributed by atoms with Gasteiger partial charge in [0.2, 0.25) is 0 Å². The van der Waals surface area contributed by atoms with Gasteiger partial charge in [-0.3, -0.25) is 4.79 Å². The van der Waals surface area contributed by atoms with Crippen LogP contribution in [0.4, 0.5) is 5.82 Å². The molecule has 0 aliphatic carbocycles. The van der Waals surface area contributed by atoms with Crippen LogP contribution in [0.15, 0.2) is 33.6 Å². The Labute approximate surface area is 127 Å². The van der Waals surface area contributed by atoms with Crippen LogP contribution >= 0.6 is 11.8 Å². The number of hydrogen-bond donors (Lipinski definition) is 2. The molecule has 0 atom stereocenters. The third-order valence-corrected chi connectivity index (χ3v) is 3.73. The molecule has 0 bridgehead atoms. The minimum absolute atomic E-state index is 0.169. The third kappa shape index (κ3) is 4.04. The number of hydrogen-bond acceptors (Lipinski definition) is 6. The number of rotatable bonds is 6. The van der Waals surface area contributed by atoms with E-state index < -0.39 is 0 Å². The number of nitrogens with one attached hydrogen (secondary N) is 2. The number of aromatic amines is 1. The summed E-state index contributed by atoms with van der Waals surface area (Å²) < 4.78 is 0. The molecule has 112 valence electrons. The van der Waals surface area contributed by atoms with Crippen molar-refractivity contribution in [3.63, 3.8) is 0 Å². The Hall–Kier alpha value is -1.89. The van der Waals surface area contributed by atoms with E-state index in [-0.39, 0.29) is 11.5 Å². The van der Waals surface area contributed by atoms with Gasteiger partial charge in [-0.05, 0) is 24.1 Å². The van der Waals surface area contributed by atoms with E-state index in [4.69, 9.17) is 0 Å². The van der Waals surface area contributed by atoms with Gasteiger partial charge in [0.05, 0.1) is 0 Å². The lowest BCUT2D eigenvalue weighted by Gasteiger charge is -2.16. The zero-order chi connectivity index (χ0) is 15.2. The quantitative estimate of drug-likeness (QED) is 0.630. The minimum atomic E-state index is -0.169. The van der Waals surface area contributed by atoms with Crippen LogP contribution in [0, 0.1) is 0 Å². The number of nitrogens with zero attached hydrogens (tertiary/aromatic N) is 3. The highest BCUT2D eigenvalue weighted by molar-refractivity contribution is 7.99. The first kappa shape index (κ1) is 15.5. The Kier molecular flexibility index (Phi) is 5.32. The van der Waals surface area contributed by atoms with Crippen molar-refractivity contribution in [3.8, 4) is 0 Å². The standard InChI is InChI=1S/C14H19N5OS/c1-4-6-15-12-11(9(2)3)13(18-8-17-12)21-14-16-7-5-10(20)19-14/h5,7-9H,4,6H2,1-3H3,(H,15,17,18)(H,16,19,20). The zero-order valence-corrected chi connectivity index (χ0v) is 13.2. The lowest BCUT2D eigenvalue weighted by molar-refractivity contribution is 0.797. The monoisotopic (exact) mass is 305 g/mol. The van der Waals surface area contributed by atoms with Gasteiger partial charge >= 0.3 is 0 Å². The summed E-state index contributed by atoms with van der Waals surface area (Å²) in [5.41, 5.74) is 0.874. The van der Waals surface area contributed by atoms with Crippen LogP contribution in [-0.2, 0) is 0 Å². The highest BCUT2D eigenvalue weighted by atomic mass is 32.2. The van der Waals surface area contributed by atoms with Crippen molar-refractivity contribution in [1.29, 1.82) is 0 Å². The van der Waals surface area contributed by atoms with Gasteiger partial charge in [0.25, 0.3) is 5.56 Å². The SMILES string of the molecule is CCCNc1ncnc(Sc2nccc(=O)[nH]2)c1C(C)C. The van der Waals surface area contributed by atoms with Crippen LogP contribution in [0.5, 0.6) is 0 Å². The predicted molar refractivity (Wildman–Crippen MR) is 83.9 cm³/mol. The lowest BCUT2D eigenvalue weighted by Crippen LogP contribution is -2.09. The van der Waals surface area contributed by atoms with Gasteiger partial charge < -0.3 is 10.3 Å². The topological polar surface area (TPSA) is 83.6 Å². The highest BCUT2D eigenvalue weighted by Gasteiger charge is 2.16. The van der Waals surface area contributed by atoms with E-state index in [1.165, 1.54) is 30.4 Å². The molecule has 2 N–H and O–H groups in total. The molecule has 21 heavy (non-hydrogen) atoms. The van der Waals surface area contributed by atoms with E-state index in [2.05, 4.69) is 46.0 Å². The Morgan fingerprint density at radius 1 is 1.33 bits per heavy atom. The van der Waals surface area contributed by atoms with E-state index >= 15 is 0 Å². The molecule has 0 saturated carbocycles. The fourth-order valence-corrected chi connectivity index (χ4v) is 2.85. The molecule has 0 amide bonds. The van der Waals surface area contributed by atoms with E-state index in [0.717, 1.165) is 29.4 Å². The molecule has 0 saturated heterocycles. The molecule has 2 aromatic rings. The average Bonchev–Trinajstić information content (AvgIpc) is 2.45. The number of H-pyrrole nitrogens is 1. The summed E-state index contributed by atoms with van der Waals surface area (Å²) in [4.78, 5) is 26.9. The third-order valence-electron chi connectivity index (χ3n) is 2.81. The summed E-state index contributed by atoms with van der Waals surface area (Å²) >= 11 is 1.35. The van der Waals surface area contributed by atoms with Crippen molar-refractivity contribution < 1.29 is 0 Å². The molecule has 2 heterocycles. The van der Waals surface area contributed by atoms with E-state index in [0.29, 0.717) is 5.16 Å². The Bertz CT molecular complexity index is 656. The summed E-state index contributed by atoms with van der Waals surface area (Å²) in [7, 11) is 0. The molecule has 0 aromatic carbocycles. The highest BCUT2D eigenvalue weighted by Crippen LogP contribution is 2.33. The second kappa shape index (κ2) is 7.21. The maximum absolute atomic E-state index is 11.4. The van der Waals surface area contributed by atoms with Gasteiger partial charge in [-0.15, -0.1) is 0 Å². The van der Waals surface area contributed by atoms with Crippen LogP contribution < -0.4 is 10.9 Å². The summed E-state index contributed by atoms with van der Waals surface area (Å²) in [5, 5.41) is 4.67. The van der Waals surface area contributed by atoms with E-state index in [1.807, 2.05) is 0 Å². The molecule has 0 aliphatic heterocycles. The largest absolute Gasteiger partial charge is 0.370 e. The molecule has 6 nitrogen and oxygen atoms in total. The van der Waals surface area contributed by atoms with Gasteiger partial charge in [0.15, 0.2) is 5.16 Å². The molecule has 2 aromatic heterocycles. The van der Waals surface area contributed by atoms with E-state index in [9.17, 15) is 4.79 Å². The maximum atomic E-state index is 11.4. The van der Waals surface area contributed by atoms with Crippen molar-refractivity contribution in [2.45, 2.75) is 43.3 Å². The molecular weight excluding hydrogens is 286 g/mol. The lowest BCUT2D eigenvalue weighted by atomic mass is 10.1. The van der Waals surface area contributed by atoms with Crippen molar-refractivity contribution in [2.75, 3.05) is 11.9 Å². The summed E-state index contributed by atoms with van der Waals surface area (Å²) in [5.74, 6) is 1.12. The number of anilines is 1. The molecule has 0 unspecified atom stereocenters. The normalized spacial score (nSPS) is 10.9. The van der Waals surface area contributed by atoms with Gasteiger partial charge in [-0.1, -0.05) is 20.8 Å². The van der Waals surface area contributed by atoms with Crippen LogP contribution in [-0.4, -0.2) is 26.5 Å². The fraction of sp³-hybridized carbons (Fsp3) is 0.429. The van der Waals surface area contributed by atoms with E-state index in [1.54, 1.807) is 0 Å². The minimum Gasteiger partial charge on any atom is -0.370 e. The molecule has 0 fully saturated rings.